The Morgan fingerprint density at radius 2 is 1.33 bits per heavy atom. The zero-order chi connectivity index (χ0) is 9.23. The lowest BCUT2D eigenvalue weighted by atomic mass is 10.4. The van der Waals surface area contributed by atoms with Crippen LogP contribution in [0.1, 0.15) is 39.5 Å². The van der Waals surface area contributed by atoms with Gasteiger partial charge in [-0.15, -0.1) is 0 Å². The van der Waals surface area contributed by atoms with E-state index in [4.69, 9.17) is 8.85 Å². The van der Waals surface area contributed by atoms with Crippen LogP contribution in [0.4, 0.5) is 0 Å². The third kappa shape index (κ3) is 8.24. The first kappa shape index (κ1) is 12.1. The fourth-order valence-electron chi connectivity index (χ4n) is 0.835. The number of unbranched alkanes of at least 4 members (excludes halogenated alkanes) is 2. The average molecular weight is 190 g/mol. The summed E-state index contributed by atoms with van der Waals surface area (Å²) in [6.07, 6.45) is 4.73. The standard InChI is InChI=1S/C9H22O2Si/c1-4-6-8-10-12(3)11-9-7-5-2/h12H,4-9H2,1-3H3. The highest BCUT2D eigenvalue weighted by molar-refractivity contribution is 6.42. The van der Waals surface area contributed by atoms with Crippen LogP contribution in [0.5, 0.6) is 0 Å². The Hall–Kier alpha value is 0.137. The number of rotatable bonds is 8. The van der Waals surface area contributed by atoms with Gasteiger partial charge in [-0.25, -0.2) is 0 Å². The van der Waals surface area contributed by atoms with Gasteiger partial charge in [0, 0.05) is 13.2 Å². The minimum Gasteiger partial charge on any atom is -0.397 e. The third-order valence-electron chi connectivity index (χ3n) is 1.70. The smallest absolute Gasteiger partial charge is 0.318 e. The van der Waals surface area contributed by atoms with Crippen molar-refractivity contribution in [1.29, 1.82) is 0 Å². The van der Waals surface area contributed by atoms with Crippen molar-refractivity contribution in [3.63, 3.8) is 0 Å². The predicted octanol–water partition coefficient (Wildman–Crippen LogP) is 2.47. The molecule has 0 rings (SSSR count). The lowest BCUT2D eigenvalue weighted by Crippen LogP contribution is -2.19. The first-order chi connectivity index (χ1) is 5.81. The molecule has 0 atom stereocenters. The SMILES string of the molecule is CCCCO[SiH](C)OCCCC. The van der Waals surface area contributed by atoms with Crippen molar-refractivity contribution >= 4 is 9.28 Å². The van der Waals surface area contributed by atoms with Crippen molar-refractivity contribution in [2.24, 2.45) is 0 Å². The Labute approximate surface area is 78.1 Å². The average Bonchev–Trinajstić information content (AvgIpc) is 2.06. The van der Waals surface area contributed by atoms with Crippen LogP contribution in [0.25, 0.3) is 0 Å². The fourth-order valence-corrected chi connectivity index (χ4v) is 1.93. The van der Waals surface area contributed by atoms with Gasteiger partial charge in [0.2, 0.25) is 0 Å². The van der Waals surface area contributed by atoms with Crippen LogP contribution >= 0.6 is 0 Å². The molecule has 0 N–H and O–H groups in total. The molecular formula is C9H22O2Si. The molecular weight excluding hydrogens is 168 g/mol. The quantitative estimate of drug-likeness (QED) is 0.432. The van der Waals surface area contributed by atoms with E-state index in [0.717, 1.165) is 26.1 Å². The molecule has 0 unspecified atom stereocenters. The van der Waals surface area contributed by atoms with Gasteiger partial charge in [-0.3, -0.25) is 0 Å². The minimum atomic E-state index is -1.27. The molecule has 0 radical (unpaired) electrons. The van der Waals surface area contributed by atoms with Gasteiger partial charge in [0.15, 0.2) is 0 Å². The van der Waals surface area contributed by atoms with E-state index in [1.807, 2.05) is 0 Å². The predicted molar refractivity (Wildman–Crippen MR) is 54.7 cm³/mol. The summed E-state index contributed by atoms with van der Waals surface area (Å²) < 4.78 is 11.1. The van der Waals surface area contributed by atoms with E-state index in [2.05, 4.69) is 20.4 Å². The molecule has 74 valence electrons. The molecule has 12 heavy (non-hydrogen) atoms. The van der Waals surface area contributed by atoms with E-state index in [1.165, 1.54) is 12.8 Å². The van der Waals surface area contributed by atoms with Crippen LogP contribution in [-0.2, 0) is 8.85 Å². The molecule has 0 saturated heterocycles. The van der Waals surface area contributed by atoms with Gasteiger partial charge in [0.1, 0.15) is 0 Å². The Balaban J connectivity index is 3.04. The summed E-state index contributed by atoms with van der Waals surface area (Å²) in [5, 5.41) is 0. The van der Waals surface area contributed by atoms with Gasteiger partial charge in [0.05, 0.1) is 0 Å². The molecule has 0 aliphatic heterocycles. The fraction of sp³-hybridized carbons (Fsp3) is 1.00. The highest BCUT2D eigenvalue weighted by atomic mass is 28.3. The van der Waals surface area contributed by atoms with Crippen LogP contribution in [0.15, 0.2) is 0 Å². The molecule has 0 aliphatic rings. The van der Waals surface area contributed by atoms with Gasteiger partial charge in [-0.1, -0.05) is 26.7 Å². The molecule has 0 heterocycles. The third-order valence-corrected chi connectivity index (χ3v) is 3.11. The second-order valence-corrected chi connectivity index (χ2v) is 4.82. The van der Waals surface area contributed by atoms with Gasteiger partial charge in [-0.2, -0.15) is 0 Å². The monoisotopic (exact) mass is 190 g/mol. The lowest BCUT2D eigenvalue weighted by Gasteiger charge is -2.11. The first-order valence-electron chi connectivity index (χ1n) is 5.04. The Morgan fingerprint density at radius 1 is 0.917 bits per heavy atom. The zero-order valence-electron chi connectivity index (χ0n) is 8.64. The summed E-state index contributed by atoms with van der Waals surface area (Å²) in [5.74, 6) is 0. The summed E-state index contributed by atoms with van der Waals surface area (Å²) in [7, 11) is -1.27. The molecule has 0 aliphatic carbocycles. The minimum absolute atomic E-state index is 0.885. The highest BCUT2D eigenvalue weighted by Gasteiger charge is 2.03. The molecule has 0 aromatic carbocycles. The maximum Gasteiger partial charge on any atom is 0.318 e. The first-order valence-corrected chi connectivity index (χ1v) is 7.14. The summed E-state index contributed by atoms with van der Waals surface area (Å²) in [6.45, 7) is 8.22. The molecule has 0 spiro atoms. The largest absolute Gasteiger partial charge is 0.397 e. The van der Waals surface area contributed by atoms with Gasteiger partial charge < -0.3 is 8.85 Å². The summed E-state index contributed by atoms with van der Waals surface area (Å²) in [6, 6.07) is 0. The highest BCUT2D eigenvalue weighted by Crippen LogP contribution is 1.95. The van der Waals surface area contributed by atoms with Crippen molar-refractivity contribution < 1.29 is 8.85 Å². The van der Waals surface area contributed by atoms with E-state index in [1.54, 1.807) is 0 Å². The van der Waals surface area contributed by atoms with E-state index >= 15 is 0 Å². The Bertz CT molecular complexity index is 78.6. The topological polar surface area (TPSA) is 18.5 Å². The van der Waals surface area contributed by atoms with E-state index < -0.39 is 9.28 Å². The van der Waals surface area contributed by atoms with Gasteiger partial charge >= 0.3 is 9.28 Å². The van der Waals surface area contributed by atoms with Crippen LogP contribution in [0.3, 0.4) is 0 Å². The molecule has 0 fully saturated rings. The summed E-state index contributed by atoms with van der Waals surface area (Å²) in [5.41, 5.74) is 0. The number of hydrogen-bond donors (Lipinski definition) is 0. The Morgan fingerprint density at radius 3 is 1.67 bits per heavy atom. The second kappa shape index (κ2) is 9.23. The van der Waals surface area contributed by atoms with Crippen LogP contribution in [0, 0.1) is 0 Å². The number of hydrogen-bond acceptors (Lipinski definition) is 2. The van der Waals surface area contributed by atoms with Crippen molar-refractivity contribution in [3.8, 4) is 0 Å². The van der Waals surface area contributed by atoms with E-state index in [-0.39, 0.29) is 0 Å². The molecule has 2 nitrogen and oxygen atoms in total. The van der Waals surface area contributed by atoms with Gasteiger partial charge in [0.25, 0.3) is 0 Å². The van der Waals surface area contributed by atoms with Crippen molar-refractivity contribution in [2.75, 3.05) is 13.2 Å². The maximum atomic E-state index is 5.55. The van der Waals surface area contributed by atoms with Crippen molar-refractivity contribution in [3.05, 3.63) is 0 Å². The molecule has 0 saturated carbocycles. The molecule has 3 heteroatoms. The van der Waals surface area contributed by atoms with E-state index in [9.17, 15) is 0 Å². The van der Waals surface area contributed by atoms with Crippen molar-refractivity contribution in [2.45, 2.75) is 46.1 Å². The lowest BCUT2D eigenvalue weighted by molar-refractivity contribution is 0.197. The van der Waals surface area contributed by atoms with Crippen molar-refractivity contribution in [1.82, 2.24) is 0 Å². The normalized spacial score (nSPS) is 11.0. The maximum absolute atomic E-state index is 5.55. The second-order valence-electron chi connectivity index (χ2n) is 3.02. The summed E-state index contributed by atoms with van der Waals surface area (Å²) >= 11 is 0. The molecule has 0 aromatic rings. The summed E-state index contributed by atoms with van der Waals surface area (Å²) in [4.78, 5) is 0. The van der Waals surface area contributed by atoms with E-state index in [0.29, 0.717) is 0 Å². The molecule has 0 bridgehead atoms. The molecule has 0 aromatic heterocycles. The van der Waals surface area contributed by atoms with Crippen LogP contribution in [0.2, 0.25) is 6.55 Å². The van der Waals surface area contributed by atoms with Crippen LogP contribution in [-0.4, -0.2) is 22.5 Å². The van der Waals surface area contributed by atoms with Crippen LogP contribution < -0.4 is 0 Å². The Kier molecular flexibility index (Phi) is 9.33. The molecule has 0 amide bonds. The zero-order valence-corrected chi connectivity index (χ0v) is 9.79. The van der Waals surface area contributed by atoms with Gasteiger partial charge in [-0.05, 0) is 19.4 Å².